The number of hydrogen-bond acceptors (Lipinski definition) is 4. The SMILES string of the molecule is Cc1nn(C2CCS(=O)(=O)C2)c(C)c1CC(=O)Nc1ccccc1C(C)C. The van der Waals surface area contributed by atoms with Crippen LogP contribution in [0.2, 0.25) is 0 Å². The molecule has 1 aromatic carbocycles. The molecule has 1 N–H and O–H groups in total. The van der Waals surface area contributed by atoms with E-state index in [0.717, 1.165) is 28.2 Å². The lowest BCUT2D eigenvalue weighted by molar-refractivity contribution is -0.115. The van der Waals surface area contributed by atoms with Gasteiger partial charge in [0.15, 0.2) is 9.84 Å². The summed E-state index contributed by atoms with van der Waals surface area (Å²) in [4.78, 5) is 12.7. The molecular weight excluding hydrogens is 362 g/mol. The minimum Gasteiger partial charge on any atom is -0.326 e. The first-order chi connectivity index (χ1) is 12.7. The molecule has 2 aromatic rings. The number of rotatable bonds is 5. The Morgan fingerprint density at radius 1 is 1.30 bits per heavy atom. The third kappa shape index (κ3) is 4.24. The molecule has 27 heavy (non-hydrogen) atoms. The van der Waals surface area contributed by atoms with Gasteiger partial charge in [0.1, 0.15) is 0 Å². The van der Waals surface area contributed by atoms with Crippen LogP contribution in [0.4, 0.5) is 5.69 Å². The normalized spacial score (nSPS) is 18.8. The second kappa shape index (κ2) is 7.46. The monoisotopic (exact) mass is 389 g/mol. The Bertz CT molecular complexity index is 961. The van der Waals surface area contributed by atoms with Crippen molar-refractivity contribution in [1.29, 1.82) is 0 Å². The lowest BCUT2D eigenvalue weighted by atomic mass is 10.0. The first-order valence-corrected chi connectivity index (χ1v) is 11.1. The summed E-state index contributed by atoms with van der Waals surface area (Å²) < 4.78 is 25.4. The van der Waals surface area contributed by atoms with Gasteiger partial charge in [-0.05, 0) is 37.8 Å². The molecule has 1 aliphatic rings. The van der Waals surface area contributed by atoms with Gasteiger partial charge >= 0.3 is 0 Å². The van der Waals surface area contributed by atoms with Crippen molar-refractivity contribution in [2.75, 3.05) is 16.8 Å². The molecule has 1 atom stereocenters. The van der Waals surface area contributed by atoms with Crippen LogP contribution in [-0.4, -0.2) is 35.6 Å². The van der Waals surface area contributed by atoms with Crippen molar-refractivity contribution < 1.29 is 13.2 Å². The van der Waals surface area contributed by atoms with Gasteiger partial charge in [0.25, 0.3) is 0 Å². The number of benzene rings is 1. The Hall–Kier alpha value is -2.15. The van der Waals surface area contributed by atoms with Crippen LogP contribution in [0, 0.1) is 13.8 Å². The van der Waals surface area contributed by atoms with E-state index in [1.807, 2.05) is 38.1 Å². The van der Waals surface area contributed by atoms with E-state index in [1.54, 1.807) is 4.68 Å². The first-order valence-electron chi connectivity index (χ1n) is 9.31. The number of para-hydroxylation sites is 1. The number of aromatic nitrogens is 2. The molecule has 1 unspecified atom stereocenters. The summed E-state index contributed by atoms with van der Waals surface area (Å²) in [6.07, 6.45) is 0.807. The lowest BCUT2D eigenvalue weighted by Gasteiger charge is -2.14. The maximum atomic E-state index is 12.7. The average molecular weight is 390 g/mol. The predicted molar refractivity (Wildman–Crippen MR) is 107 cm³/mol. The zero-order valence-corrected chi connectivity index (χ0v) is 17.1. The maximum absolute atomic E-state index is 12.7. The number of aryl methyl sites for hydroxylation is 1. The quantitative estimate of drug-likeness (QED) is 0.852. The molecular formula is C20H27N3O3S. The molecule has 0 aliphatic carbocycles. The summed E-state index contributed by atoms with van der Waals surface area (Å²) in [6, 6.07) is 7.69. The third-order valence-corrected chi connectivity index (χ3v) is 6.97. The summed E-state index contributed by atoms with van der Waals surface area (Å²) in [6.45, 7) is 7.98. The molecule has 2 heterocycles. The number of carbonyl (C=O) groups is 1. The number of nitrogens with one attached hydrogen (secondary N) is 1. The first kappa shape index (κ1) is 19.6. The number of amides is 1. The largest absolute Gasteiger partial charge is 0.326 e. The minimum absolute atomic E-state index is 0.0899. The summed E-state index contributed by atoms with van der Waals surface area (Å²) >= 11 is 0. The Labute approximate surface area is 160 Å². The Balaban J connectivity index is 1.78. The Kier molecular flexibility index (Phi) is 5.42. The predicted octanol–water partition coefficient (Wildman–Crippen LogP) is 3.16. The lowest BCUT2D eigenvalue weighted by Crippen LogP contribution is -2.17. The van der Waals surface area contributed by atoms with Crippen LogP contribution in [-0.2, 0) is 21.1 Å². The van der Waals surface area contributed by atoms with Crippen LogP contribution in [0.15, 0.2) is 24.3 Å². The van der Waals surface area contributed by atoms with Gasteiger partial charge < -0.3 is 5.32 Å². The highest BCUT2D eigenvalue weighted by molar-refractivity contribution is 7.91. The van der Waals surface area contributed by atoms with Gasteiger partial charge in [-0.15, -0.1) is 0 Å². The fourth-order valence-electron chi connectivity index (χ4n) is 3.75. The van der Waals surface area contributed by atoms with Crippen LogP contribution in [0.3, 0.4) is 0 Å². The molecule has 3 rings (SSSR count). The van der Waals surface area contributed by atoms with Gasteiger partial charge in [-0.2, -0.15) is 5.10 Å². The van der Waals surface area contributed by atoms with Gasteiger partial charge in [-0.25, -0.2) is 8.42 Å². The summed E-state index contributed by atoms with van der Waals surface area (Å²) in [5.41, 5.74) is 4.47. The van der Waals surface area contributed by atoms with Crippen molar-refractivity contribution in [3.8, 4) is 0 Å². The topological polar surface area (TPSA) is 81.1 Å². The molecule has 146 valence electrons. The number of nitrogens with zero attached hydrogens (tertiary/aromatic N) is 2. The van der Waals surface area contributed by atoms with E-state index >= 15 is 0 Å². The van der Waals surface area contributed by atoms with Crippen molar-refractivity contribution in [2.24, 2.45) is 0 Å². The number of sulfone groups is 1. The van der Waals surface area contributed by atoms with Gasteiger partial charge in [0.2, 0.25) is 5.91 Å². The second-order valence-electron chi connectivity index (χ2n) is 7.62. The second-order valence-corrected chi connectivity index (χ2v) is 9.85. The molecule has 1 aromatic heterocycles. The van der Waals surface area contributed by atoms with Crippen molar-refractivity contribution in [1.82, 2.24) is 9.78 Å². The van der Waals surface area contributed by atoms with E-state index in [0.29, 0.717) is 12.3 Å². The third-order valence-electron chi connectivity index (χ3n) is 5.22. The highest BCUT2D eigenvalue weighted by atomic mass is 32.2. The molecule has 0 radical (unpaired) electrons. The molecule has 1 saturated heterocycles. The molecule has 0 saturated carbocycles. The van der Waals surface area contributed by atoms with E-state index in [2.05, 4.69) is 24.3 Å². The van der Waals surface area contributed by atoms with Crippen LogP contribution in [0.25, 0.3) is 0 Å². The number of hydrogen-bond donors (Lipinski definition) is 1. The zero-order chi connectivity index (χ0) is 19.8. The fraction of sp³-hybridized carbons (Fsp3) is 0.500. The van der Waals surface area contributed by atoms with Gasteiger partial charge in [-0.3, -0.25) is 9.48 Å². The van der Waals surface area contributed by atoms with E-state index in [4.69, 9.17) is 0 Å². The Morgan fingerprint density at radius 3 is 2.63 bits per heavy atom. The van der Waals surface area contributed by atoms with E-state index in [1.165, 1.54) is 0 Å². The molecule has 0 bridgehead atoms. The average Bonchev–Trinajstić information content (AvgIpc) is 3.08. The summed E-state index contributed by atoms with van der Waals surface area (Å²) in [5.74, 6) is 0.560. The summed E-state index contributed by atoms with van der Waals surface area (Å²) in [7, 11) is -2.98. The van der Waals surface area contributed by atoms with E-state index in [-0.39, 0.29) is 29.9 Å². The molecule has 1 aliphatic heterocycles. The van der Waals surface area contributed by atoms with Crippen LogP contribution < -0.4 is 5.32 Å². The highest BCUT2D eigenvalue weighted by Gasteiger charge is 2.31. The van der Waals surface area contributed by atoms with E-state index in [9.17, 15) is 13.2 Å². The number of carbonyl (C=O) groups excluding carboxylic acids is 1. The molecule has 6 nitrogen and oxygen atoms in total. The van der Waals surface area contributed by atoms with Gasteiger partial charge in [0.05, 0.1) is 29.7 Å². The van der Waals surface area contributed by atoms with Crippen molar-refractivity contribution in [3.05, 3.63) is 46.8 Å². The summed E-state index contributed by atoms with van der Waals surface area (Å²) in [5, 5.41) is 7.55. The smallest absolute Gasteiger partial charge is 0.228 e. The van der Waals surface area contributed by atoms with Crippen LogP contribution in [0.5, 0.6) is 0 Å². The van der Waals surface area contributed by atoms with Crippen LogP contribution >= 0.6 is 0 Å². The minimum atomic E-state index is -2.98. The number of anilines is 1. The molecule has 7 heteroatoms. The van der Waals surface area contributed by atoms with E-state index < -0.39 is 9.84 Å². The Morgan fingerprint density at radius 2 is 2.00 bits per heavy atom. The van der Waals surface area contributed by atoms with Crippen LogP contribution in [0.1, 0.15) is 54.7 Å². The van der Waals surface area contributed by atoms with Gasteiger partial charge in [-0.1, -0.05) is 32.0 Å². The standard InChI is InChI=1S/C20H27N3O3S/c1-13(2)17-7-5-6-8-19(17)21-20(24)11-18-14(3)22-23(15(18)4)16-9-10-27(25,26)12-16/h5-8,13,16H,9-12H2,1-4H3,(H,21,24). The van der Waals surface area contributed by atoms with Gasteiger partial charge in [0, 0.05) is 16.9 Å². The zero-order valence-electron chi connectivity index (χ0n) is 16.3. The molecule has 1 amide bonds. The van der Waals surface area contributed by atoms with Crippen molar-refractivity contribution in [2.45, 2.75) is 52.5 Å². The highest BCUT2D eigenvalue weighted by Crippen LogP contribution is 2.28. The van der Waals surface area contributed by atoms with Crippen molar-refractivity contribution >= 4 is 21.4 Å². The van der Waals surface area contributed by atoms with Crippen molar-refractivity contribution in [3.63, 3.8) is 0 Å². The maximum Gasteiger partial charge on any atom is 0.228 e. The molecule has 0 spiro atoms. The fourth-order valence-corrected chi connectivity index (χ4v) is 5.44. The molecule has 1 fully saturated rings.